The van der Waals surface area contributed by atoms with Crippen LogP contribution in [0.5, 0.6) is 5.75 Å². The first-order valence-electron chi connectivity index (χ1n) is 13.7. The van der Waals surface area contributed by atoms with Gasteiger partial charge in [0.2, 0.25) is 11.8 Å². The van der Waals surface area contributed by atoms with Crippen molar-refractivity contribution in [1.29, 1.82) is 0 Å². The summed E-state index contributed by atoms with van der Waals surface area (Å²) >= 11 is 12.5. The Hall–Kier alpha value is -2.81. The number of hydrogen-bond donors (Lipinski definition) is 2. The Morgan fingerprint density at radius 2 is 1.68 bits per heavy atom. The summed E-state index contributed by atoms with van der Waals surface area (Å²) in [4.78, 5) is 36.0. The number of benzene rings is 2. The van der Waals surface area contributed by atoms with Gasteiger partial charge >= 0.3 is 6.16 Å². The molecule has 2 aromatic carbocycles. The summed E-state index contributed by atoms with van der Waals surface area (Å²) in [6.07, 6.45) is 5.35. The summed E-state index contributed by atoms with van der Waals surface area (Å²) in [5.41, 5.74) is 3.45. The average Bonchev–Trinajstić information content (AvgIpc) is 3.23. The van der Waals surface area contributed by atoms with Crippen LogP contribution in [0.3, 0.4) is 0 Å². The molecule has 40 heavy (non-hydrogen) atoms. The Morgan fingerprint density at radius 1 is 1.02 bits per heavy atom. The predicted molar refractivity (Wildman–Crippen MR) is 155 cm³/mol. The minimum absolute atomic E-state index is 0.107. The topological polar surface area (TPSA) is 107 Å². The molecule has 1 aliphatic carbocycles. The van der Waals surface area contributed by atoms with Crippen LogP contribution in [-0.4, -0.2) is 57.7 Å². The first kappa shape index (κ1) is 31.7. The number of imide groups is 1. The number of ether oxygens (including phenoxy) is 1. The number of hydrogen-bond acceptors (Lipinski definition) is 5. The molecule has 1 aliphatic heterocycles. The van der Waals surface area contributed by atoms with Gasteiger partial charge in [0.05, 0.1) is 16.6 Å². The van der Waals surface area contributed by atoms with E-state index in [9.17, 15) is 9.59 Å². The predicted octanol–water partition coefficient (Wildman–Crippen LogP) is 7.20. The van der Waals surface area contributed by atoms with Crippen molar-refractivity contribution in [3.05, 3.63) is 63.1 Å². The van der Waals surface area contributed by atoms with Gasteiger partial charge in [-0.05, 0) is 67.5 Å². The Kier molecular flexibility index (Phi) is 12.1. The lowest BCUT2D eigenvalue weighted by molar-refractivity contribution is -0.138. The molecule has 2 fully saturated rings. The molecule has 2 aromatic rings. The van der Waals surface area contributed by atoms with Crippen molar-refractivity contribution in [2.45, 2.75) is 71.4 Å². The third-order valence-corrected chi connectivity index (χ3v) is 8.28. The normalized spacial score (nSPS) is 16.6. The second-order valence-electron chi connectivity index (χ2n) is 10.5. The summed E-state index contributed by atoms with van der Waals surface area (Å²) in [6.45, 7) is 6.77. The largest absolute Gasteiger partial charge is 0.503 e. The lowest BCUT2D eigenvalue weighted by Crippen LogP contribution is -2.33. The van der Waals surface area contributed by atoms with Gasteiger partial charge in [0.25, 0.3) is 0 Å². The number of amides is 2. The molecule has 218 valence electrons. The number of rotatable bonds is 10. The quantitative estimate of drug-likeness (QED) is 0.281. The Labute approximate surface area is 245 Å². The molecule has 2 aliphatic rings. The third kappa shape index (κ3) is 9.39. The van der Waals surface area contributed by atoms with Crippen LogP contribution >= 0.6 is 23.2 Å². The van der Waals surface area contributed by atoms with Gasteiger partial charge in [-0.3, -0.25) is 19.4 Å². The molecule has 10 heteroatoms. The van der Waals surface area contributed by atoms with Crippen molar-refractivity contribution in [2.24, 2.45) is 5.92 Å². The van der Waals surface area contributed by atoms with E-state index in [2.05, 4.69) is 30.0 Å². The fourth-order valence-electron chi connectivity index (χ4n) is 5.37. The third-order valence-electron chi connectivity index (χ3n) is 7.54. The van der Waals surface area contributed by atoms with Gasteiger partial charge in [-0.1, -0.05) is 60.7 Å². The van der Waals surface area contributed by atoms with Crippen LogP contribution in [0.25, 0.3) is 0 Å². The molecule has 1 unspecified atom stereocenters. The van der Waals surface area contributed by atoms with Crippen LogP contribution < -0.4 is 4.74 Å². The lowest BCUT2D eigenvalue weighted by atomic mass is 9.88. The molecular formula is C30H38Cl2N2O6. The molecular weight excluding hydrogens is 555 g/mol. The first-order chi connectivity index (χ1) is 19.0. The number of carboxylic acid groups (broad SMARTS) is 2. The van der Waals surface area contributed by atoms with Crippen molar-refractivity contribution in [2.75, 3.05) is 19.7 Å². The van der Waals surface area contributed by atoms with E-state index in [1.165, 1.54) is 48.1 Å². The van der Waals surface area contributed by atoms with Gasteiger partial charge in [-0.2, -0.15) is 0 Å². The molecule has 0 bridgehead atoms. The van der Waals surface area contributed by atoms with Gasteiger partial charge in [0.15, 0.2) is 0 Å². The lowest BCUT2D eigenvalue weighted by Gasteiger charge is -2.34. The van der Waals surface area contributed by atoms with Crippen LogP contribution in [0.2, 0.25) is 10.0 Å². The van der Waals surface area contributed by atoms with E-state index >= 15 is 0 Å². The molecule has 2 amide bonds. The highest BCUT2D eigenvalue weighted by Crippen LogP contribution is 2.32. The van der Waals surface area contributed by atoms with E-state index < -0.39 is 6.16 Å². The number of carbonyl (C=O) groups is 3. The van der Waals surface area contributed by atoms with Gasteiger partial charge in [-0.25, -0.2) is 4.79 Å². The van der Waals surface area contributed by atoms with Crippen molar-refractivity contribution in [3.8, 4) is 5.75 Å². The molecule has 1 saturated heterocycles. The molecule has 1 saturated carbocycles. The molecule has 0 spiro atoms. The molecule has 4 rings (SSSR count). The maximum absolute atomic E-state index is 11.8. The van der Waals surface area contributed by atoms with Crippen molar-refractivity contribution < 1.29 is 29.3 Å². The second-order valence-corrected chi connectivity index (χ2v) is 11.3. The van der Waals surface area contributed by atoms with E-state index in [0.717, 1.165) is 24.4 Å². The average molecular weight is 594 g/mol. The smallest absolute Gasteiger partial charge is 0.491 e. The minimum atomic E-state index is -1.83. The Morgan fingerprint density at radius 3 is 2.27 bits per heavy atom. The maximum atomic E-state index is 11.8. The van der Waals surface area contributed by atoms with Crippen LogP contribution in [0.1, 0.15) is 74.6 Å². The van der Waals surface area contributed by atoms with Crippen LogP contribution in [0, 0.1) is 12.8 Å². The van der Waals surface area contributed by atoms with Crippen LogP contribution in [-0.2, 0) is 16.1 Å². The van der Waals surface area contributed by atoms with Crippen molar-refractivity contribution in [3.63, 3.8) is 0 Å². The minimum Gasteiger partial charge on any atom is -0.491 e. The fraction of sp³-hybridized carbons (Fsp3) is 0.500. The zero-order chi connectivity index (χ0) is 29.2. The first-order valence-corrected chi connectivity index (χ1v) is 14.5. The standard InChI is InChI=1S/C29H36Cl2N2O3.CH2O3/c1-20-16-23(8-11-27(20)36-15-14-33-28(34)12-13-29(33)35)19-32(18-22-6-4-3-5-7-22)21(2)24-9-10-25(30)26(31)17-24;2-1(3)4/h8-11,16-17,21-22H,3-7,12-15,18-19H2,1-2H3;(H2,2,3,4). The molecule has 2 N–H and O–H groups in total. The molecule has 0 radical (unpaired) electrons. The van der Waals surface area contributed by atoms with Crippen LogP contribution in [0.15, 0.2) is 36.4 Å². The van der Waals surface area contributed by atoms with Gasteiger partial charge in [0, 0.05) is 32.0 Å². The van der Waals surface area contributed by atoms with Gasteiger partial charge in [-0.15, -0.1) is 0 Å². The monoisotopic (exact) mass is 592 g/mol. The van der Waals surface area contributed by atoms with Gasteiger partial charge in [0.1, 0.15) is 12.4 Å². The zero-order valence-corrected chi connectivity index (χ0v) is 24.6. The summed E-state index contributed by atoms with van der Waals surface area (Å²) in [5, 5.41) is 15.1. The van der Waals surface area contributed by atoms with Gasteiger partial charge < -0.3 is 14.9 Å². The van der Waals surface area contributed by atoms with E-state index in [1.807, 2.05) is 25.1 Å². The number of likely N-dealkylation sites (tertiary alicyclic amines) is 1. The number of halogens is 2. The highest BCUT2D eigenvalue weighted by molar-refractivity contribution is 6.42. The van der Waals surface area contributed by atoms with E-state index in [4.69, 9.17) is 42.9 Å². The Balaban J connectivity index is 0.00000103. The number of nitrogens with zero attached hydrogens (tertiary/aromatic N) is 2. The Bertz CT molecular complexity index is 1160. The fourth-order valence-corrected chi connectivity index (χ4v) is 5.68. The molecule has 1 atom stereocenters. The van der Waals surface area contributed by atoms with Crippen molar-refractivity contribution in [1.82, 2.24) is 9.80 Å². The summed E-state index contributed by atoms with van der Waals surface area (Å²) in [5.74, 6) is 1.28. The maximum Gasteiger partial charge on any atom is 0.503 e. The van der Waals surface area contributed by atoms with Crippen molar-refractivity contribution >= 4 is 41.2 Å². The van der Waals surface area contributed by atoms with E-state index in [0.29, 0.717) is 42.0 Å². The second kappa shape index (κ2) is 15.3. The number of carbonyl (C=O) groups excluding carboxylic acids is 2. The molecule has 8 nitrogen and oxygen atoms in total. The SMILES string of the molecule is Cc1cc(CN(CC2CCCCC2)C(C)c2ccc(Cl)c(Cl)c2)ccc1OCCN1C(=O)CCC1=O.O=C(O)O. The summed E-state index contributed by atoms with van der Waals surface area (Å²) in [7, 11) is 0. The summed E-state index contributed by atoms with van der Waals surface area (Å²) < 4.78 is 5.93. The number of aryl methyl sites for hydroxylation is 1. The van der Waals surface area contributed by atoms with Crippen LogP contribution in [0.4, 0.5) is 4.79 Å². The van der Waals surface area contributed by atoms with E-state index in [-0.39, 0.29) is 17.9 Å². The summed E-state index contributed by atoms with van der Waals surface area (Å²) in [6, 6.07) is 12.4. The zero-order valence-electron chi connectivity index (χ0n) is 23.1. The highest BCUT2D eigenvalue weighted by atomic mass is 35.5. The molecule has 1 heterocycles. The molecule has 0 aromatic heterocycles. The highest BCUT2D eigenvalue weighted by Gasteiger charge is 2.28. The van der Waals surface area contributed by atoms with E-state index in [1.54, 1.807) is 0 Å².